The highest BCUT2D eigenvalue weighted by Crippen LogP contribution is 2.38. The van der Waals surface area contributed by atoms with Crippen LogP contribution in [0.4, 0.5) is 11.4 Å². The van der Waals surface area contributed by atoms with Gasteiger partial charge in [0.15, 0.2) is 0 Å². The molecule has 0 N–H and O–H groups in total. The van der Waals surface area contributed by atoms with E-state index in [1.54, 1.807) is 29.2 Å². The lowest BCUT2D eigenvalue weighted by molar-refractivity contribution is -0.112. The van der Waals surface area contributed by atoms with Crippen LogP contribution in [0.3, 0.4) is 0 Å². The second-order valence-electron chi connectivity index (χ2n) is 6.46. The molecule has 1 saturated heterocycles. The summed E-state index contributed by atoms with van der Waals surface area (Å²) in [6, 6.07) is 21.7. The Morgan fingerprint density at radius 3 is 2.18 bits per heavy atom. The van der Waals surface area contributed by atoms with E-state index in [0.717, 1.165) is 11.3 Å². The first-order valence-corrected chi connectivity index (χ1v) is 9.82. The molecule has 3 aromatic rings. The first kappa shape index (κ1) is 19.0. The third-order valence-electron chi connectivity index (χ3n) is 4.58. The number of amides is 1. The highest BCUT2D eigenvalue weighted by atomic mass is 35.5. The summed E-state index contributed by atoms with van der Waals surface area (Å²) in [5.74, 6) is -0.151. The highest BCUT2D eigenvalue weighted by Gasteiger charge is 2.38. The minimum atomic E-state index is -0.193. The zero-order valence-electron chi connectivity index (χ0n) is 14.6. The van der Waals surface area contributed by atoms with Gasteiger partial charge in [-0.25, -0.2) is 4.99 Å². The Hall–Kier alpha value is -2.33. The van der Waals surface area contributed by atoms with E-state index in [9.17, 15) is 4.79 Å². The molecule has 140 valence electrons. The normalized spacial score (nSPS) is 18.1. The molecule has 0 aliphatic carbocycles. The Labute approximate surface area is 178 Å². The average molecular weight is 430 g/mol. The molecule has 1 aliphatic rings. The lowest BCUT2D eigenvalue weighted by Crippen LogP contribution is -2.29. The van der Waals surface area contributed by atoms with Gasteiger partial charge in [0.05, 0.1) is 11.7 Å². The molecule has 1 amide bonds. The summed E-state index contributed by atoms with van der Waals surface area (Å²) in [6.07, 6.45) is 0.472. The van der Waals surface area contributed by atoms with Crippen molar-refractivity contribution in [2.75, 3.05) is 4.90 Å². The fourth-order valence-electron chi connectivity index (χ4n) is 3.31. The first-order valence-electron chi connectivity index (χ1n) is 8.69. The van der Waals surface area contributed by atoms with Crippen LogP contribution in [0.25, 0.3) is 0 Å². The van der Waals surface area contributed by atoms with Gasteiger partial charge in [-0.2, -0.15) is 0 Å². The summed E-state index contributed by atoms with van der Waals surface area (Å²) < 4.78 is 0. The molecule has 4 rings (SSSR count). The van der Waals surface area contributed by atoms with Crippen LogP contribution in [0.5, 0.6) is 0 Å². The predicted octanol–water partition coefficient (Wildman–Crippen LogP) is 6.90. The summed E-state index contributed by atoms with van der Waals surface area (Å²) in [5, 5.41) is 1.80. The van der Waals surface area contributed by atoms with Gasteiger partial charge in [0.1, 0.15) is 5.71 Å². The molecule has 1 atom stereocenters. The molecular weight excluding hydrogens is 415 g/mol. The van der Waals surface area contributed by atoms with E-state index in [0.29, 0.717) is 32.9 Å². The SMILES string of the molecule is O=C1C(=Nc2cccc(Cl)c2)CC(c2ccc(Cl)cc2)N1c1cccc(Cl)c1. The van der Waals surface area contributed by atoms with E-state index in [-0.39, 0.29) is 11.9 Å². The van der Waals surface area contributed by atoms with Crippen LogP contribution in [0.2, 0.25) is 15.1 Å². The molecule has 0 aromatic heterocycles. The molecule has 3 nitrogen and oxygen atoms in total. The number of nitrogens with zero attached hydrogens (tertiary/aromatic N) is 2. The van der Waals surface area contributed by atoms with Gasteiger partial charge in [0, 0.05) is 27.2 Å². The lowest BCUT2D eigenvalue weighted by Gasteiger charge is -2.24. The van der Waals surface area contributed by atoms with Gasteiger partial charge in [-0.15, -0.1) is 0 Å². The van der Waals surface area contributed by atoms with Crippen molar-refractivity contribution >= 4 is 57.8 Å². The third-order valence-corrected chi connectivity index (χ3v) is 5.30. The van der Waals surface area contributed by atoms with Crippen LogP contribution in [0.1, 0.15) is 18.0 Å². The largest absolute Gasteiger partial charge is 0.299 e. The number of aliphatic imine (C=N–C) groups is 1. The van der Waals surface area contributed by atoms with Crippen molar-refractivity contribution in [3.05, 3.63) is 93.4 Å². The van der Waals surface area contributed by atoms with Crippen LogP contribution in [0, 0.1) is 0 Å². The van der Waals surface area contributed by atoms with E-state index in [1.807, 2.05) is 48.5 Å². The fourth-order valence-corrected chi connectivity index (χ4v) is 3.81. The number of anilines is 1. The Balaban J connectivity index is 1.78. The maximum absolute atomic E-state index is 13.3. The Morgan fingerprint density at radius 2 is 1.50 bits per heavy atom. The second-order valence-corrected chi connectivity index (χ2v) is 7.77. The second kappa shape index (κ2) is 7.96. The van der Waals surface area contributed by atoms with E-state index < -0.39 is 0 Å². The van der Waals surface area contributed by atoms with Crippen molar-refractivity contribution in [3.8, 4) is 0 Å². The number of hydrogen-bond acceptors (Lipinski definition) is 2. The van der Waals surface area contributed by atoms with Gasteiger partial charge in [-0.1, -0.05) is 59.1 Å². The van der Waals surface area contributed by atoms with Gasteiger partial charge in [-0.05, 0) is 54.1 Å². The number of carbonyl (C=O) groups excluding carboxylic acids is 1. The standard InChI is InChI=1S/C22H15Cl3N2O/c23-15-9-7-14(8-10-15)21-13-20(26-18-5-1-3-16(24)11-18)22(28)27(21)19-6-2-4-17(25)12-19/h1-12,21H,13H2. The molecule has 0 saturated carbocycles. The van der Waals surface area contributed by atoms with Crippen molar-refractivity contribution < 1.29 is 4.79 Å². The Kier molecular flexibility index (Phi) is 5.40. The quantitative estimate of drug-likeness (QED) is 0.446. The first-order chi connectivity index (χ1) is 13.5. The van der Waals surface area contributed by atoms with E-state index in [2.05, 4.69) is 4.99 Å². The lowest BCUT2D eigenvalue weighted by atomic mass is 10.0. The van der Waals surface area contributed by atoms with Gasteiger partial charge >= 0.3 is 0 Å². The maximum atomic E-state index is 13.3. The van der Waals surface area contributed by atoms with Crippen molar-refractivity contribution in [2.24, 2.45) is 4.99 Å². The Morgan fingerprint density at radius 1 is 0.821 bits per heavy atom. The van der Waals surface area contributed by atoms with Gasteiger partial charge < -0.3 is 0 Å². The molecule has 0 spiro atoms. The van der Waals surface area contributed by atoms with Gasteiger partial charge in [0.2, 0.25) is 0 Å². The van der Waals surface area contributed by atoms with E-state index >= 15 is 0 Å². The van der Waals surface area contributed by atoms with Crippen molar-refractivity contribution in [1.82, 2.24) is 0 Å². The maximum Gasteiger partial charge on any atom is 0.273 e. The van der Waals surface area contributed by atoms with Crippen LogP contribution >= 0.6 is 34.8 Å². The predicted molar refractivity (Wildman–Crippen MR) is 116 cm³/mol. The van der Waals surface area contributed by atoms with E-state index in [4.69, 9.17) is 34.8 Å². The third kappa shape index (κ3) is 3.93. The van der Waals surface area contributed by atoms with Crippen molar-refractivity contribution in [3.63, 3.8) is 0 Å². The minimum absolute atomic E-state index is 0.151. The topological polar surface area (TPSA) is 32.7 Å². The number of rotatable bonds is 3. The molecule has 3 aromatic carbocycles. The summed E-state index contributed by atoms with van der Waals surface area (Å²) in [5.41, 5.74) is 2.84. The molecular formula is C22H15Cl3N2O. The molecule has 0 radical (unpaired) electrons. The molecule has 0 bridgehead atoms. The van der Waals surface area contributed by atoms with Crippen molar-refractivity contribution in [2.45, 2.75) is 12.5 Å². The number of benzene rings is 3. The van der Waals surface area contributed by atoms with Crippen LogP contribution in [0.15, 0.2) is 77.8 Å². The van der Waals surface area contributed by atoms with Crippen LogP contribution in [-0.4, -0.2) is 11.6 Å². The smallest absolute Gasteiger partial charge is 0.273 e. The summed E-state index contributed by atoms with van der Waals surface area (Å²) in [7, 11) is 0. The molecule has 1 fully saturated rings. The van der Waals surface area contributed by atoms with Crippen LogP contribution in [-0.2, 0) is 4.79 Å². The zero-order chi connectivity index (χ0) is 19.7. The zero-order valence-corrected chi connectivity index (χ0v) is 16.9. The molecule has 6 heteroatoms. The van der Waals surface area contributed by atoms with E-state index in [1.165, 1.54) is 0 Å². The van der Waals surface area contributed by atoms with Crippen LogP contribution < -0.4 is 4.90 Å². The van der Waals surface area contributed by atoms with Gasteiger partial charge in [0.25, 0.3) is 5.91 Å². The molecule has 1 heterocycles. The molecule has 1 aliphatic heterocycles. The summed E-state index contributed by atoms with van der Waals surface area (Å²) >= 11 is 18.3. The monoisotopic (exact) mass is 428 g/mol. The minimum Gasteiger partial charge on any atom is -0.299 e. The number of carbonyl (C=O) groups is 1. The average Bonchev–Trinajstić information content (AvgIpc) is 2.99. The molecule has 1 unspecified atom stereocenters. The summed E-state index contributed by atoms with van der Waals surface area (Å²) in [6.45, 7) is 0. The molecule has 28 heavy (non-hydrogen) atoms. The van der Waals surface area contributed by atoms with Gasteiger partial charge in [-0.3, -0.25) is 9.69 Å². The van der Waals surface area contributed by atoms with Crippen molar-refractivity contribution in [1.29, 1.82) is 0 Å². The summed E-state index contributed by atoms with van der Waals surface area (Å²) in [4.78, 5) is 19.6. The number of hydrogen-bond donors (Lipinski definition) is 0. The number of halogens is 3. The Bertz CT molecular complexity index is 1060. The highest BCUT2D eigenvalue weighted by molar-refractivity contribution is 6.47. The fraction of sp³-hybridized carbons (Fsp3) is 0.0909.